The lowest BCUT2D eigenvalue weighted by Gasteiger charge is -2.30. The molecule has 1 aliphatic carbocycles. The molecule has 1 aromatic carbocycles. The van der Waals surface area contributed by atoms with Crippen LogP contribution in [0.4, 0.5) is 0 Å². The Kier molecular flexibility index (Phi) is 9.00. The number of aromatic nitrogens is 2. The second-order valence-electron chi connectivity index (χ2n) is 9.15. The Morgan fingerprint density at radius 2 is 1.88 bits per heavy atom. The molecule has 0 bridgehead atoms. The molecule has 0 aliphatic heterocycles. The van der Waals surface area contributed by atoms with E-state index in [1.807, 2.05) is 38.1 Å². The highest BCUT2D eigenvalue weighted by molar-refractivity contribution is 5.76. The van der Waals surface area contributed by atoms with Gasteiger partial charge in [-0.25, -0.2) is 0 Å². The first-order chi connectivity index (χ1) is 15.9. The maximum absolute atomic E-state index is 12.4. The lowest BCUT2D eigenvalue weighted by atomic mass is 9.89. The Hall–Kier alpha value is -2.74. The van der Waals surface area contributed by atoms with Crippen LogP contribution >= 0.6 is 0 Å². The van der Waals surface area contributed by atoms with E-state index in [0.29, 0.717) is 31.3 Å². The summed E-state index contributed by atoms with van der Waals surface area (Å²) in [5.41, 5.74) is 1.54. The Morgan fingerprint density at radius 1 is 1.15 bits per heavy atom. The number of amides is 2. The molecule has 3 rings (SSSR count). The van der Waals surface area contributed by atoms with Crippen molar-refractivity contribution in [3.63, 3.8) is 0 Å². The van der Waals surface area contributed by atoms with Crippen LogP contribution < -0.4 is 10.6 Å². The summed E-state index contributed by atoms with van der Waals surface area (Å²) in [4.78, 5) is 28.8. The Morgan fingerprint density at radius 3 is 2.58 bits per heavy atom. The SMILES string of the molecule is CC(=O)NC1(c2noc(CCC(=O)NCc3cccc(COC(C)C)c3)n2)CCCCCC1. The average Bonchev–Trinajstić information content (AvgIpc) is 3.15. The van der Waals surface area contributed by atoms with Gasteiger partial charge in [-0.15, -0.1) is 0 Å². The Labute approximate surface area is 195 Å². The van der Waals surface area contributed by atoms with Gasteiger partial charge in [-0.1, -0.05) is 55.1 Å². The van der Waals surface area contributed by atoms with E-state index >= 15 is 0 Å². The van der Waals surface area contributed by atoms with Crippen molar-refractivity contribution < 1.29 is 18.8 Å². The third-order valence-corrected chi connectivity index (χ3v) is 5.90. The summed E-state index contributed by atoms with van der Waals surface area (Å²) in [6.07, 6.45) is 6.69. The van der Waals surface area contributed by atoms with E-state index in [-0.39, 0.29) is 24.3 Å². The zero-order valence-corrected chi connectivity index (χ0v) is 20.0. The van der Waals surface area contributed by atoms with Crippen LogP contribution in [0.15, 0.2) is 28.8 Å². The molecule has 1 fully saturated rings. The monoisotopic (exact) mass is 456 g/mol. The highest BCUT2D eigenvalue weighted by Gasteiger charge is 2.38. The van der Waals surface area contributed by atoms with Crippen molar-refractivity contribution in [2.75, 3.05) is 0 Å². The van der Waals surface area contributed by atoms with Crippen LogP contribution in [-0.2, 0) is 39.4 Å². The fraction of sp³-hybridized carbons (Fsp3) is 0.600. The predicted molar refractivity (Wildman–Crippen MR) is 124 cm³/mol. The predicted octanol–water partition coefficient (Wildman–Crippen LogP) is 3.93. The molecule has 2 amide bonds. The fourth-order valence-corrected chi connectivity index (χ4v) is 4.23. The second-order valence-corrected chi connectivity index (χ2v) is 9.15. The van der Waals surface area contributed by atoms with Gasteiger partial charge in [0.05, 0.1) is 12.7 Å². The Balaban J connectivity index is 1.52. The lowest BCUT2D eigenvalue weighted by molar-refractivity contribution is -0.122. The second kappa shape index (κ2) is 11.9. The number of ether oxygens (including phenoxy) is 1. The largest absolute Gasteiger partial charge is 0.374 e. The molecule has 2 aromatic rings. The van der Waals surface area contributed by atoms with Crippen molar-refractivity contribution in [1.29, 1.82) is 0 Å². The quantitative estimate of drug-likeness (QED) is 0.525. The molecule has 0 atom stereocenters. The molecule has 180 valence electrons. The molecule has 0 unspecified atom stereocenters. The summed E-state index contributed by atoms with van der Waals surface area (Å²) >= 11 is 0. The molecular weight excluding hydrogens is 420 g/mol. The lowest BCUT2D eigenvalue weighted by Crippen LogP contribution is -2.45. The van der Waals surface area contributed by atoms with Crippen molar-refractivity contribution in [3.8, 4) is 0 Å². The zero-order chi connectivity index (χ0) is 23.7. The van der Waals surface area contributed by atoms with Crippen LogP contribution in [0.2, 0.25) is 0 Å². The highest BCUT2D eigenvalue weighted by atomic mass is 16.5. The van der Waals surface area contributed by atoms with Gasteiger partial charge in [0.15, 0.2) is 5.82 Å². The average molecular weight is 457 g/mol. The van der Waals surface area contributed by atoms with Crippen molar-refractivity contribution in [3.05, 3.63) is 47.1 Å². The van der Waals surface area contributed by atoms with Gasteiger partial charge in [-0.05, 0) is 37.8 Å². The number of carbonyl (C=O) groups is 2. The van der Waals surface area contributed by atoms with Crippen LogP contribution in [0.3, 0.4) is 0 Å². The zero-order valence-electron chi connectivity index (χ0n) is 20.0. The molecule has 1 saturated carbocycles. The summed E-state index contributed by atoms with van der Waals surface area (Å²) in [6, 6.07) is 8.01. The summed E-state index contributed by atoms with van der Waals surface area (Å²) in [7, 11) is 0. The molecule has 2 N–H and O–H groups in total. The first-order valence-corrected chi connectivity index (χ1v) is 11.9. The molecule has 0 radical (unpaired) electrons. The van der Waals surface area contributed by atoms with Gasteiger partial charge >= 0.3 is 0 Å². The number of hydrogen-bond acceptors (Lipinski definition) is 6. The summed E-state index contributed by atoms with van der Waals surface area (Å²) in [6.45, 7) is 6.54. The number of nitrogens with zero attached hydrogens (tertiary/aromatic N) is 2. The van der Waals surface area contributed by atoms with E-state index in [0.717, 1.165) is 49.7 Å². The van der Waals surface area contributed by atoms with Gasteiger partial charge in [0.25, 0.3) is 0 Å². The van der Waals surface area contributed by atoms with Crippen molar-refractivity contribution >= 4 is 11.8 Å². The minimum Gasteiger partial charge on any atom is -0.374 e. The number of rotatable bonds is 10. The van der Waals surface area contributed by atoms with Gasteiger partial charge in [-0.2, -0.15) is 4.98 Å². The molecule has 1 aliphatic rings. The van der Waals surface area contributed by atoms with Gasteiger partial charge < -0.3 is 19.9 Å². The molecule has 33 heavy (non-hydrogen) atoms. The molecule has 8 nitrogen and oxygen atoms in total. The topological polar surface area (TPSA) is 106 Å². The smallest absolute Gasteiger partial charge is 0.227 e. The number of benzene rings is 1. The fourth-order valence-electron chi connectivity index (χ4n) is 4.23. The molecule has 0 spiro atoms. The number of hydrogen-bond donors (Lipinski definition) is 2. The molecule has 0 saturated heterocycles. The van der Waals surface area contributed by atoms with Gasteiger partial charge in [0.1, 0.15) is 5.54 Å². The first-order valence-electron chi connectivity index (χ1n) is 11.9. The van der Waals surface area contributed by atoms with E-state index in [9.17, 15) is 9.59 Å². The normalized spacial score (nSPS) is 15.8. The highest BCUT2D eigenvalue weighted by Crippen LogP contribution is 2.34. The van der Waals surface area contributed by atoms with E-state index < -0.39 is 5.54 Å². The van der Waals surface area contributed by atoms with E-state index in [1.165, 1.54) is 6.92 Å². The van der Waals surface area contributed by atoms with Gasteiger partial charge in [0.2, 0.25) is 17.7 Å². The summed E-state index contributed by atoms with van der Waals surface area (Å²) < 4.78 is 11.1. The minimum atomic E-state index is -0.573. The van der Waals surface area contributed by atoms with Crippen LogP contribution in [0.5, 0.6) is 0 Å². The summed E-state index contributed by atoms with van der Waals surface area (Å²) in [5.74, 6) is 0.768. The van der Waals surface area contributed by atoms with Crippen molar-refractivity contribution in [2.45, 2.75) is 96.9 Å². The third kappa shape index (κ3) is 7.67. The first kappa shape index (κ1) is 24.9. The third-order valence-electron chi connectivity index (χ3n) is 5.90. The van der Waals surface area contributed by atoms with Crippen LogP contribution in [-0.4, -0.2) is 28.1 Å². The minimum absolute atomic E-state index is 0.0791. The molecule has 8 heteroatoms. The number of aryl methyl sites for hydroxylation is 1. The van der Waals surface area contributed by atoms with Crippen molar-refractivity contribution in [2.24, 2.45) is 0 Å². The van der Waals surface area contributed by atoms with Gasteiger partial charge in [-0.3, -0.25) is 9.59 Å². The molecule has 1 aromatic heterocycles. The van der Waals surface area contributed by atoms with Crippen LogP contribution in [0.1, 0.15) is 88.6 Å². The number of nitrogens with one attached hydrogen (secondary N) is 2. The van der Waals surface area contributed by atoms with E-state index in [1.54, 1.807) is 0 Å². The standard InChI is InChI=1S/C25H36N4O4/c1-18(2)32-17-21-10-8-9-20(15-21)16-26-22(31)11-12-23-27-24(29-33-23)25(28-19(3)30)13-6-4-5-7-14-25/h8-10,15,18H,4-7,11-14,16-17H2,1-3H3,(H,26,31)(H,28,30). The summed E-state index contributed by atoms with van der Waals surface area (Å²) in [5, 5.41) is 10.2. The number of carbonyl (C=O) groups excluding carboxylic acids is 2. The Bertz CT molecular complexity index is 917. The maximum Gasteiger partial charge on any atom is 0.227 e. The van der Waals surface area contributed by atoms with Gasteiger partial charge in [0, 0.05) is 26.3 Å². The maximum atomic E-state index is 12.4. The van der Waals surface area contributed by atoms with Crippen molar-refractivity contribution in [1.82, 2.24) is 20.8 Å². The van der Waals surface area contributed by atoms with E-state index in [2.05, 4.69) is 20.8 Å². The molecular formula is C25H36N4O4. The van der Waals surface area contributed by atoms with E-state index in [4.69, 9.17) is 9.26 Å². The van der Waals surface area contributed by atoms with Crippen LogP contribution in [0, 0.1) is 0 Å². The van der Waals surface area contributed by atoms with Crippen LogP contribution in [0.25, 0.3) is 0 Å². The molecule has 1 heterocycles.